The normalized spacial score (nSPS) is 12.5. The Labute approximate surface area is 135 Å². The molecule has 0 bridgehead atoms. The van der Waals surface area contributed by atoms with Crippen LogP contribution in [-0.4, -0.2) is 17.2 Å². The summed E-state index contributed by atoms with van der Waals surface area (Å²) in [6, 6.07) is 4.22. The molecule has 2 aromatic rings. The highest BCUT2D eigenvalue weighted by Gasteiger charge is 2.14. The molecule has 0 fully saturated rings. The topological polar surface area (TPSA) is 63.0 Å². The molecule has 0 saturated carbocycles. The van der Waals surface area contributed by atoms with Crippen LogP contribution >= 0.6 is 47.8 Å². The number of anilines is 2. The van der Waals surface area contributed by atoms with Crippen LogP contribution in [0.2, 0.25) is 0 Å². The number of hydrogen-bond donors (Lipinski definition) is 2. The summed E-state index contributed by atoms with van der Waals surface area (Å²) in [5.41, 5.74) is 0.829. The molecule has 0 aliphatic heterocycles. The molecule has 1 atom stereocenters. The second-order valence-electron chi connectivity index (χ2n) is 3.83. The van der Waals surface area contributed by atoms with Gasteiger partial charge < -0.3 is 15.1 Å². The van der Waals surface area contributed by atoms with E-state index >= 15 is 0 Å². The Morgan fingerprint density at radius 2 is 1.79 bits per heavy atom. The summed E-state index contributed by atoms with van der Waals surface area (Å²) in [4.78, 5) is 0. The molecular weight excluding hydrogens is 444 g/mol. The van der Waals surface area contributed by atoms with E-state index in [0.717, 1.165) is 19.1 Å². The third-order valence-electron chi connectivity index (χ3n) is 2.48. The fourth-order valence-corrected chi connectivity index (χ4v) is 3.81. The van der Waals surface area contributed by atoms with Gasteiger partial charge in [-0.05, 0) is 58.0 Å². The average molecular weight is 455 g/mol. The summed E-state index contributed by atoms with van der Waals surface area (Å²) >= 11 is 10.4. The highest BCUT2D eigenvalue weighted by atomic mass is 79.9. The largest absolute Gasteiger partial charge is 0.406 e. The molecule has 2 rings (SSSR count). The highest BCUT2D eigenvalue weighted by molar-refractivity contribution is 9.11. The summed E-state index contributed by atoms with van der Waals surface area (Å²) < 4.78 is 8.26. The Kier molecular flexibility index (Phi) is 4.99. The van der Waals surface area contributed by atoms with Gasteiger partial charge in [-0.3, -0.25) is 0 Å². The third-order valence-corrected chi connectivity index (χ3v) is 4.19. The first kappa shape index (κ1) is 15.0. The zero-order valence-electron chi connectivity index (χ0n) is 10.2. The van der Waals surface area contributed by atoms with Crippen molar-refractivity contribution in [3.05, 3.63) is 31.4 Å². The average Bonchev–Trinajstić information content (AvgIpc) is 2.81. The summed E-state index contributed by atoms with van der Waals surface area (Å²) in [5.74, 6) is 0.536. The van der Waals surface area contributed by atoms with E-state index < -0.39 is 0 Å². The first-order valence-electron chi connectivity index (χ1n) is 5.43. The molecule has 1 aromatic heterocycles. The molecule has 1 aromatic carbocycles. The van der Waals surface area contributed by atoms with E-state index in [1.54, 1.807) is 0 Å². The molecule has 0 aliphatic carbocycles. The molecule has 0 spiro atoms. The van der Waals surface area contributed by atoms with Gasteiger partial charge in [-0.25, -0.2) is 0 Å². The molecule has 19 heavy (non-hydrogen) atoms. The second kappa shape index (κ2) is 6.34. The lowest BCUT2D eigenvalue weighted by atomic mass is 10.3. The van der Waals surface area contributed by atoms with Gasteiger partial charge in [0.2, 0.25) is 5.89 Å². The van der Waals surface area contributed by atoms with Gasteiger partial charge in [0, 0.05) is 13.4 Å². The third kappa shape index (κ3) is 3.56. The van der Waals surface area contributed by atoms with Gasteiger partial charge in [-0.15, -0.1) is 5.10 Å². The minimum atomic E-state index is 0.0137. The van der Waals surface area contributed by atoms with Crippen molar-refractivity contribution in [1.82, 2.24) is 15.5 Å². The maximum atomic E-state index is 5.53. The minimum absolute atomic E-state index is 0.0137. The number of nitrogens with one attached hydrogen (secondary N) is 2. The van der Waals surface area contributed by atoms with Crippen LogP contribution < -0.4 is 10.6 Å². The van der Waals surface area contributed by atoms with Crippen LogP contribution in [0.3, 0.4) is 0 Å². The number of halogens is 3. The first-order chi connectivity index (χ1) is 9.01. The molecule has 0 aliphatic rings. The quantitative estimate of drug-likeness (QED) is 0.717. The van der Waals surface area contributed by atoms with Crippen molar-refractivity contribution in [2.24, 2.45) is 0 Å². The van der Waals surface area contributed by atoms with E-state index in [-0.39, 0.29) is 6.04 Å². The van der Waals surface area contributed by atoms with Gasteiger partial charge in [0.1, 0.15) is 0 Å². The van der Waals surface area contributed by atoms with Crippen molar-refractivity contribution >= 4 is 59.5 Å². The molecule has 8 heteroatoms. The fourth-order valence-electron chi connectivity index (χ4n) is 1.35. The van der Waals surface area contributed by atoms with E-state index in [4.69, 9.17) is 4.42 Å². The Bertz CT molecular complexity index is 564. The number of benzene rings is 1. The smallest absolute Gasteiger partial charge is 0.320 e. The van der Waals surface area contributed by atoms with E-state index in [0.29, 0.717) is 11.9 Å². The molecule has 0 saturated heterocycles. The molecular formula is C11H11Br3N4O. The lowest BCUT2D eigenvalue weighted by Crippen LogP contribution is -2.12. The van der Waals surface area contributed by atoms with Gasteiger partial charge in [0.05, 0.1) is 11.7 Å². The number of nitrogens with zero attached hydrogens (tertiary/aromatic N) is 2. The maximum absolute atomic E-state index is 5.53. The molecule has 1 unspecified atom stereocenters. The first-order valence-corrected chi connectivity index (χ1v) is 7.81. The van der Waals surface area contributed by atoms with Crippen molar-refractivity contribution < 1.29 is 4.42 Å². The highest BCUT2D eigenvalue weighted by Crippen LogP contribution is 2.36. The monoisotopic (exact) mass is 452 g/mol. The molecule has 1 heterocycles. The standard InChI is InChI=1S/C11H11Br3N4O/c1-5(15-2)10-17-18-11(19-10)16-9-7(13)3-6(12)4-8(9)14/h3-5,15H,1-2H3,(H,16,18). The van der Waals surface area contributed by atoms with Crippen molar-refractivity contribution in [3.63, 3.8) is 0 Å². The van der Waals surface area contributed by atoms with Crippen LogP contribution in [0, 0.1) is 0 Å². The van der Waals surface area contributed by atoms with Crippen molar-refractivity contribution in [2.75, 3.05) is 12.4 Å². The van der Waals surface area contributed by atoms with E-state index in [2.05, 4.69) is 68.6 Å². The van der Waals surface area contributed by atoms with E-state index in [1.165, 1.54) is 0 Å². The molecule has 0 amide bonds. The van der Waals surface area contributed by atoms with Gasteiger partial charge in [0.25, 0.3) is 0 Å². The van der Waals surface area contributed by atoms with Gasteiger partial charge in [0.15, 0.2) is 0 Å². The van der Waals surface area contributed by atoms with Gasteiger partial charge in [-0.1, -0.05) is 21.0 Å². The van der Waals surface area contributed by atoms with Crippen molar-refractivity contribution in [3.8, 4) is 0 Å². The predicted molar refractivity (Wildman–Crippen MR) is 84.6 cm³/mol. The number of hydrogen-bond acceptors (Lipinski definition) is 5. The van der Waals surface area contributed by atoms with Crippen LogP contribution in [0.1, 0.15) is 18.9 Å². The number of rotatable bonds is 4. The SMILES string of the molecule is CNC(C)c1nnc(Nc2c(Br)cc(Br)cc2Br)o1. The summed E-state index contributed by atoms with van der Waals surface area (Å²) in [7, 11) is 1.84. The fraction of sp³-hybridized carbons (Fsp3) is 0.273. The van der Waals surface area contributed by atoms with E-state index in [1.807, 2.05) is 26.1 Å². The maximum Gasteiger partial charge on any atom is 0.320 e. The Morgan fingerprint density at radius 1 is 1.16 bits per heavy atom. The Hall–Kier alpha value is -0.440. The predicted octanol–water partition coefficient (Wildman–Crippen LogP) is 4.38. The second-order valence-corrected chi connectivity index (χ2v) is 6.45. The molecule has 5 nitrogen and oxygen atoms in total. The van der Waals surface area contributed by atoms with Gasteiger partial charge >= 0.3 is 6.01 Å². The van der Waals surface area contributed by atoms with Crippen LogP contribution in [0.4, 0.5) is 11.7 Å². The van der Waals surface area contributed by atoms with E-state index in [9.17, 15) is 0 Å². The van der Waals surface area contributed by atoms with Crippen molar-refractivity contribution in [1.29, 1.82) is 0 Å². The zero-order valence-corrected chi connectivity index (χ0v) is 14.9. The van der Waals surface area contributed by atoms with Crippen molar-refractivity contribution in [2.45, 2.75) is 13.0 Å². The van der Waals surface area contributed by atoms with Gasteiger partial charge in [-0.2, -0.15) is 0 Å². The van der Waals surface area contributed by atoms with Crippen LogP contribution in [-0.2, 0) is 0 Å². The molecule has 0 radical (unpaired) electrons. The van der Waals surface area contributed by atoms with Crippen LogP contribution in [0.5, 0.6) is 0 Å². The summed E-state index contributed by atoms with van der Waals surface area (Å²) in [6.45, 7) is 1.95. The molecule has 102 valence electrons. The lowest BCUT2D eigenvalue weighted by molar-refractivity contribution is 0.443. The summed E-state index contributed by atoms with van der Waals surface area (Å²) in [5, 5.41) is 14.1. The van der Waals surface area contributed by atoms with Crippen LogP contribution in [0.25, 0.3) is 0 Å². The zero-order chi connectivity index (χ0) is 14.0. The summed E-state index contributed by atoms with van der Waals surface area (Å²) in [6.07, 6.45) is 0. The Balaban J connectivity index is 2.24. The number of aromatic nitrogens is 2. The molecule has 2 N–H and O–H groups in total. The lowest BCUT2D eigenvalue weighted by Gasteiger charge is -2.08. The Morgan fingerprint density at radius 3 is 2.37 bits per heavy atom. The van der Waals surface area contributed by atoms with Crippen LogP contribution in [0.15, 0.2) is 30.0 Å². The minimum Gasteiger partial charge on any atom is -0.406 e.